The fourth-order valence-corrected chi connectivity index (χ4v) is 2.88. The second kappa shape index (κ2) is 5.56. The Labute approximate surface area is 130 Å². The lowest BCUT2D eigenvalue weighted by Gasteiger charge is -2.08. The Bertz CT molecular complexity index is 688. The third kappa shape index (κ3) is 2.73. The van der Waals surface area contributed by atoms with E-state index in [1.54, 1.807) is 18.2 Å². The van der Waals surface area contributed by atoms with Crippen molar-refractivity contribution >= 4 is 39.1 Å². The molecule has 0 fully saturated rings. The van der Waals surface area contributed by atoms with Crippen LogP contribution >= 0.6 is 27.5 Å². The number of hydrogen-bond acceptors (Lipinski definition) is 2. The van der Waals surface area contributed by atoms with Gasteiger partial charge in [-0.05, 0) is 57.4 Å². The summed E-state index contributed by atoms with van der Waals surface area (Å²) in [5, 5.41) is 3.47. The lowest BCUT2D eigenvalue weighted by atomic mass is 10.1. The van der Waals surface area contributed by atoms with Crippen molar-refractivity contribution < 1.29 is 9.53 Å². The molecule has 20 heavy (non-hydrogen) atoms. The predicted molar refractivity (Wildman–Crippen MR) is 82.0 cm³/mol. The van der Waals surface area contributed by atoms with Crippen molar-refractivity contribution in [3.05, 3.63) is 62.6 Å². The minimum Gasteiger partial charge on any atom is -0.372 e. The number of amides is 1. The highest BCUT2D eigenvalue weighted by atomic mass is 79.9. The summed E-state index contributed by atoms with van der Waals surface area (Å²) in [7, 11) is 0. The first-order valence-corrected chi connectivity index (χ1v) is 7.26. The summed E-state index contributed by atoms with van der Waals surface area (Å²) in [6.07, 6.45) is 0. The maximum atomic E-state index is 12.2. The Balaban J connectivity index is 1.82. The standard InChI is InChI=1S/C15H11BrClNO2/c16-13-6-12(17)3-4-14(13)18-15(19)9-1-2-10-7-20-8-11(10)5-9/h1-6H,7-8H2,(H,18,19). The lowest BCUT2D eigenvalue weighted by Crippen LogP contribution is -2.12. The van der Waals surface area contributed by atoms with E-state index in [4.69, 9.17) is 16.3 Å². The molecule has 1 heterocycles. The van der Waals surface area contributed by atoms with Crippen molar-refractivity contribution in [1.82, 2.24) is 0 Å². The lowest BCUT2D eigenvalue weighted by molar-refractivity contribution is 0.102. The van der Waals surface area contributed by atoms with Crippen molar-refractivity contribution in [1.29, 1.82) is 0 Å². The molecule has 0 aliphatic carbocycles. The van der Waals surface area contributed by atoms with Crippen LogP contribution in [0, 0.1) is 0 Å². The van der Waals surface area contributed by atoms with Crippen LogP contribution in [0.15, 0.2) is 40.9 Å². The van der Waals surface area contributed by atoms with Crippen LogP contribution in [0.5, 0.6) is 0 Å². The van der Waals surface area contributed by atoms with Crippen LogP contribution in [0.3, 0.4) is 0 Å². The molecule has 1 aliphatic rings. The van der Waals surface area contributed by atoms with Crippen LogP contribution in [-0.4, -0.2) is 5.91 Å². The van der Waals surface area contributed by atoms with Gasteiger partial charge in [0.1, 0.15) is 0 Å². The van der Waals surface area contributed by atoms with Crippen LogP contribution in [0.2, 0.25) is 5.02 Å². The predicted octanol–water partition coefficient (Wildman–Crippen LogP) is 4.39. The normalized spacial score (nSPS) is 13.1. The Morgan fingerprint density at radius 1 is 1.15 bits per heavy atom. The number of nitrogens with one attached hydrogen (secondary N) is 1. The first kappa shape index (κ1) is 13.6. The fourth-order valence-electron chi connectivity index (χ4n) is 2.10. The Kier molecular flexibility index (Phi) is 3.78. The Morgan fingerprint density at radius 2 is 1.95 bits per heavy atom. The quantitative estimate of drug-likeness (QED) is 0.871. The Hall–Kier alpha value is -1.36. The minimum atomic E-state index is -0.150. The number of fused-ring (bicyclic) bond motifs is 1. The van der Waals surface area contributed by atoms with Gasteiger partial charge in [-0.3, -0.25) is 4.79 Å². The van der Waals surface area contributed by atoms with E-state index in [0.29, 0.717) is 29.5 Å². The molecule has 3 nitrogen and oxygen atoms in total. The molecule has 1 N–H and O–H groups in total. The molecule has 2 aromatic rings. The van der Waals surface area contributed by atoms with Gasteiger partial charge in [0.2, 0.25) is 0 Å². The Morgan fingerprint density at radius 3 is 2.75 bits per heavy atom. The number of halogens is 2. The van der Waals surface area contributed by atoms with E-state index < -0.39 is 0 Å². The number of carbonyl (C=O) groups excluding carboxylic acids is 1. The zero-order valence-electron chi connectivity index (χ0n) is 10.5. The third-order valence-corrected chi connectivity index (χ3v) is 4.05. The topological polar surface area (TPSA) is 38.3 Å². The van der Waals surface area contributed by atoms with Crippen molar-refractivity contribution in [3.8, 4) is 0 Å². The van der Waals surface area contributed by atoms with Crippen LogP contribution in [0.25, 0.3) is 0 Å². The molecule has 102 valence electrons. The van der Waals surface area contributed by atoms with Gasteiger partial charge in [-0.25, -0.2) is 0 Å². The van der Waals surface area contributed by atoms with Gasteiger partial charge in [-0.15, -0.1) is 0 Å². The molecule has 0 atom stereocenters. The average Bonchev–Trinajstić information content (AvgIpc) is 2.89. The van der Waals surface area contributed by atoms with Gasteiger partial charge < -0.3 is 10.1 Å². The van der Waals surface area contributed by atoms with E-state index in [0.717, 1.165) is 15.6 Å². The maximum absolute atomic E-state index is 12.2. The van der Waals surface area contributed by atoms with E-state index >= 15 is 0 Å². The largest absolute Gasteiger partial charge is 0.372 e. The van der Waals surface area contributed by atoms with Crippen LogP contribution in [-0.2, 0) is 18.0 Å². The number of benzene rings is 2. The van der Waals surface area contributed by atoms with E-state index in [1.807, 2.05) is 18.2 Å². The van der Waals surface area contributed by atoms with Gasteiger partial charge in [-0.1, -0.05) is 17.7 Å². The summed E-state index contributed by atoms with van der Waals surface area (Å²) in [6.45, 7) is 1.20. The zero-order chi connectivity index (χ0) is 14.1. The third-order valence-electron chi connectivity index (χ3n) is 3.16. The molecule has 0 spiro atoms. The van der Waals surface area contributed by atoms with Crippen molar-refractivity contribution in [2.75, 3.05) is 5.32 Å². The second-order valence-corrected chi connectivity index (χ2v) is 5.85. The average molecular weight is 353 g/mol. The number of ether oxygens (including phenoxy) is 1. The van der Waals surface area contributed by atoms with Gasteiger partial charge in [-0.2, -0.15) is 0 Å². The number of hydrogen-bond donors (Lipinski definition) is 1. The first-order chi connectivity index (χ1) is 9.63. The molecule has 1 amide bonds. The molecule has 0 bridgehead atoms. The van der Waals surface area contributed by atoms with Crippen molar-refractivity contribution in [3.63, 3.8) is 0 Å². The highest BCUT2D eigenvalue weighted by Crippen LogP contribution is 2.27. The van der Waals surface area contributed by atoms with E-state index in [-0.39, 0.29) is 5.91 Å². The molecule has 0 unspecified atom stereocenters. The van der Waals surface area contributed by atoms with Crippen LogP contribution in [0.4, 0.5) is 5.69 Å². The fraction of sp³-hybridized carbons (Fsp3) is 0.133. The molecular weight excluding hydrogens is 342 g/mol. The van der Waals surface area contributed by atoms with E-state index in [9.17, 15) is 4.79 Å². The summed E-state index contributed by atoms with van der Waals surface area (Å²) >= 11 is 9.26. The SMILES string of the molecule is O=C(Nc1ccc(Cl)cc1Br)c1ccc2c(c1)COC2. The maximum Gasteiger partial charge on any atom is 0.255 e. The highest BCUT2D eigenvalue weighted by Gasteiger charge is 2.15. The van der Waals surface area contributed by atoms with Gasteiger partial charge >= 0.3 is 0 Å². The summed E-state index contributed by atoms with van der Waals surface area (Å²) in [4.78, 5) is 12.2. The summed E-state index contributed by atoms with van der Waals surface area (Å²) < 4.78 is 6.10. The second-order valence-electron chi connectivity index (χ2n) is 4.55. The minimum absolute atomic E-state index is 0.150. The molecule has 1 aliphatic heterocycles. The van der Waals surface area contributed by atoms with E-state index in [1.165, 1.54) is 0 Å². The van der Waals surface area contributed by atoms with Crippen molar-refractivity contribution in [2.24, 2.45) is 0 Å². The van der Waals surface area contributed by atoms with Gasteiger partial charge in [0, 0.05) is 15.1 Å². The molecule has 5 heteroatoms. The molecule has 0 saturated heterocycles. The molecular formula is C15H11BrClNO2. The van der Waals surface area contributed by atoms with Crippen LogP contribution in [0.1, 0.15) is 21.5 Å². The first-order valence-electron chi connectivity index (χ1n) is 6.09. The van der Waals surface area contributed by atoms with E-state index in [2.05, 4.69) is 21.2 Å². The van der Waals surface area contributed by atoms with Gasteiger partial charge in [0.15, 0.2) is 0 Å². The summed E-state index contributed by atoms with van der Waals surface area (Å²) in [5.74, 6) is -0.150. The molecule has 2 aromatic carbocycles. The smallest absolute Gasteiger partial charge is 0.255 e. The van der Waals surface area contributed by atoms with Crippen LogP contribution < -0.4 is 5.32 Å². The molecule has 0 radical (unpaired) electrons. The number of anilines is 1. The molecule has 0 aromatic heterocycles. The zero-order valence-corrected chi connectivity index (χ0v) is 12.8. The number of rotatable bonds is 2. The monoisotopic (exact) mass is 351 g/mol. The molecule has 0 saturated carbocycles. The summed E-state index contributed by atoms with van der Waals surface area (Å²) in [6, 6.07) is 10.9. The number of carbonyl (C=O) groups is 1. The highest BCUT2D eigenvalue weighted by molar-refractivity contribution is 9.10. The van der Waals surface area contributed by atoms with Crippen molar-refractivity contribution in [2.45, 2.75) is 13.2 Å². The summed E-state index contributed by atoms with van der Waals surface area (Å²) in [5.41, 5.74) is 3.54. The van der Waals surface area contributed by atoms with Gasteiger partial charge in [0.05, 0.1) is 18.9 Å². The molecule has 3 rings (SSSR count). The van der Waals surface area contributed by atoms with Gasteiger partial charge in [0.25, 0.3) is 5.91 Å².